The van der Waals surface area contributed by atoms with Crippen LogP contribution in [0.3, 0.4) is 0 Å². The summed E-state index contributed by atoms with van der Waals surface area (Å²) in [6.07, 6.45) is 5.13. The molecule has 1 aliphatic rings. The van der Waals surface area contributed by atoms with E-state index in [9.17, 15) is 9.59 Å². The van der Waals surface area contributed by atoms with Crippen molar-refractivity contribution in [2.75, 3.05) is 23.4 Å². The van der Waals surface area contributed by atoms with Crippen molar-refractivity contribution in [1.82, 2.24) is 9.55 Å². The second-order valence-electron chi connectivity index (χ2n) is 8.68. The van der Waals surface area contributed by atoms with E-state index in [4.69, 9.17) is 4.74 Å². The minimum absolute atomic E-state index is 0.0154. The average molecular weight is 418 g/mol. The SMILES string of the molecule is Cc1ccc(-n2ccnc2)c(C(=O)Nc2ccc3c(c2)N(C(=O)C(C)(C)C)CCO3)c1. The van der Waals surface area contributed by atoms with Gasteiger partial charge < -0.3 is 19.5 Å². The molecule has 160 valence electrons. The van der Waals surface area contributed by atoms with Crippen molar-refractivity contribution in [3.05, 3.63) is 66.2 Å². The Morgan fingerprint density at radius 3 is 2.61 bits per heavy atom. The van der Waals surface area contributed by atoms with Crippen LogP contribution in [0, 0.1) is 12.3 Å². The second-order valence-corrected chi connectivity index (χ2v) is 8.68. The lowest BCUT2D eigenvalue weighted by Gasteiger charge is -2.34. The number of ether oxygens (including phenoxy) is 1. The van der Waals surface area contributed by atoms with Crippen LogP contribution in [0.4, 0.5) is 11.4 Å². The number of hydrogen-bond donors (Lipinski definition) is 1. The monoisotopic (exact) mass is 418 g/mol. The zero-order valence-corrected chi connectivity index (χ0v) is 18.2. The zero-order valence-electron chi connectivity index (χ0n) is 18.2. The molecule has 0 spiro atoms. The van der Waals surface area contributed by atoms with E-state index in [0.29, 0.717) is 35.8 Å². The van der Waals surface area contributed by atoms with Crippen LogP contribution >= 0.6 is 0 Å². The van der Waals surface area contributed by atoms with E-state index >= 15 is 0 Å². The summed E-state index contributed by atoms with van der Waals surface area (Å²) in [6.45, 7) is 8.55. The van der Waals surface area contributed by atoms with Crippen molar-refractivity contribution >= 4 is 23.2 Å². The van der Waals surface area contributed by atoms with Gasteiger partial charge in [0.2, 0.25) is 5.91 Å². The Bertz CT molecular complexity index is 1130. The van der Waals surface area contributed by atoms with E-state index in [1.807, 2.05) is 45.9 Å². The van der Waals surface area contributed by atoms with Crippen LogP contribution in [-0.2, 0) is 4.79 Å². The maximum absolute atomic E-state index is 13.2. The molecule has 0 saturated carbocycles. The van der Waals surface area contributed by atoms with Gasteiger partial charge in [-0.3, -0.25) is 9.59 Å². The zero-order chi connectivity index (χ0) is 22.2. The van der Waals surface area contributed by atoms with Gasteiger partial charge >= 0.3 is 0 Å². The summed E-state index contributed by atoms with van der Waals surface area (Å²) in [5.74, 6) is 0.413. The van der Waals surface area contributed by atoms with Crippen LogP contribution in [0.5, 0.6) is 5.75 Å². The number of hydrogen-bond acceptors (Lipinski definition) is 4. The van der Waals surface area contributed by atoms with Crippen LogP contribution in [-0.4, -0.2) is 34.5 Å². The Morgan fingerprint density at radius 2 is 1.90 bits per heavy atom. The number of aromatic nitrogens is 2. The van der Waals surface area contributed by atoms with Gasteiger partial charge in [0.1, 0.15) is 12.4 Å². The van der Waals surface area contributed by atoms with Crippen LogP contribution < -0.4 is 15.0 Å². The van der Waals surface area contributed by atoms with Crippen LogP contribution in [0.15, 0.2) is 55.1 Å². The second kappa shape index (κ2) is 7.91. The number of nitrogens with one attached hydrogen (secondary N) is 1. The predicted octanol–water partition coefficient (Wildman–Crippen LogP) is 4.20. The van der Waals surface area contributed by atoms with Gasteiger partial charge in [-0.05, 0) is 37.3 Å². The fraction of sp³-hybridized carbons (Fsp3) is 0.292. The molecule has 0 saturated heterocycles. The highest BCUT2D eigenvalue weighted by molar-refractivity contribution is 6.07. The first-order valence-electron chi connectivity index (χ1n) is 10.2. The number of carbonyl (C=O) groups is 2. The maximum Gasteiger partial charge on any atom is 0.257 e. The Hall–Kier alpha value is -3.61. The first kappa shape index (κ1) is 20.7. The highest BCUT2D eigenvalue weighted by atomic mass is 16.5. The number of aryl methyl sites for hydroxylation is 1. The molecule has 2 heterocycles. The predicted molar refractivity (Wildman–Crippen MR) is 120 cm³/mol. The van der Waals surface area contributed by atoms with E-state index in [2.05, 4.69) is 10.3 Å². The number of rotatable bonds is 3. The normalized spacial score (nSPS) is 13.4. The average Bonchev–Trinajstić information content (AvgIpc) is 3.26. The van der Waals surface area contributed by atoms with E-state index < -0.39 is 5.41 Å². The summed E-state index contributed by atoms with van der Waals surface area (Å²) < 4.78 is 7.53. The molecule has 0 unspecified atom stereocenters. The maximum atomic E-state index is 13.2. The summed E-state index contributed by atoms with van der Waals surface area (Å²) in [6, 6.07) is 11.1. The summed E-state index contributed by atoms with van der Waals surface area (Å²) in [4.78, 5) is 31.9. The van der Waals surface area contributed by atoms with E-state index in [1.54, 1.807) is 46.4 Å². The number of benzene rings is 2. The molecule has 0 bridgehead atoms. The molecule has 2 aromatic carbocycles. The van der Waals surface area contributed by atoms with Crippen molar-refractivity contribution in [3.8, 4) is 11.4 Å². The van der Waals surface area contributed by atoms with Crippen LogP contribution in [0.1, 0.15) is 36.7 Å². The van der Waals surface area contributed by atoms with Gasteiger partial charge in [-0.2, -0.15) is 0 Å². The number of anilines is 2. The Kier molecular flexibility index (Phi) is 5.27. The van der Waals surface area contributed by atoms with Crippen molar-refractivity contribution in [3.63, 3.8) is 0 Å². The fourth-order valence-corrected chi connectivity index (χ4v) is 3.57. The molecule has 3 aromatic rings. The van der Waals surface area contributed by atoms with Gasteiger partial charge in [-0.1, -0.05) is 32.4 Å². The molecule has 1 N–H and O–H groups in total. The number of imidazole rings is 1. The third kappa shape index (κ3) is 4.17. The van der Waals surface area contributed by atoms with E-state index in [1.165, 1.54) is 0 Å². The van der Waals surface area contributed by atoms with Gasteiger partial charge in [-0.15, -0.1) is 0 Å². The van der Waals surface area contributed by atoms with Crippen molar-refractivity contribution in [2.45, 2.75) is 27.7 Å². The van der Waals surface area contributed by atoms with Crippen molar-refractivity contribution in [1.29, 1.82) is 0 Å². The summed E-state index contributed by atoms with van der Waals surface area (Å²) >= 11 is 0. The molecule has 31 heavy (non-hydrogen) atoms. The quantitative estimate of drug-likeness (QED) is 0.691. The molecule has 4 rings (SSSR count). The molecule has 2 amide bonds. The third-order valence-electron chi connectivity index (χ3n) is 5.15. The number of amides is 2. The Morgan fingerprint density at radius 1 is 1.10 bits per heavy atom. The molecule has 0 atom stereocenters. The molecule has 0 fully saturated rings. The summed E-state index contributed by atoms with van der Waals surface area (Å²) in [5.41, 5.74) is 3.01. The smallest absolute Gasteiger partial charge is 0.257 e. The lowest BCUT2D eigenvalue weighted by Crippen LogP contribution is -2.44. The van der Waals surface area contributed by atoms with Gasteiger partial charge in [0.15, 0.2) is 0 Å². The van der Waals surface area contributed by atoms with Crippen molar-refractivity contribution < 1.29 is 14.3 Å². The van der Waals surface area contributed by atoms with Gasteiger partial charge in [0.25, 0.3) is 5.91 Å². The molecule has 1 aromatic heterocycles. The first-order valence-corrected chi connectivity index (χ1v) is 10.2. The summed E-state index contributed by atoms with van der Waals surface area (Å²) in [5, 5.41) is 2.97. The largest absolute Gasteiger partial charge is 0.490 e. The topological polar surface area (TPSA) is 76.5 Å². The molecule has 0 radical (unpaired) electrons. The standard InChI is InChI=1S/C24H26N4O3/c1-16-5-7-19(27-10-9-25-15-27)18(13-16)22(29)26-17-6-8-21-20(14-17)28(11-12-31-21)23(30)24(2,3)4/h5-10,13-15H,11-12H2,1-4H3,(H,26,29). The van der Waals surface area contributed by atoms with Crippen LogP contribution in [0.25, 0.3) is 5.69 Å². The lowest BCUT2D eigenvalue weighted by atomic mass is 9.94. The Balaban J connectivity index is 1.65. The van der Waals surface area contributed by atoms with Gasteiger partial charge in [-0.25, -0.2) is 4.98 Å². The van der Waals surface area contributed by atoms with Crippen LogP contribution in [0.2, 0.25) is 0 Å². The molecule has 7 heteroatoms. The minimum Gasteiger partial charge on any atom is -0.490 e. The van der Waals surface area contributed by atoms with Gasteiger partial charge in [0, 0.05) is 23.5 Å². The van der Waals surface area contributed by atoms with E-state index in [0.717, 1.165) is 11.3 Å². The van der Waals surface area contributed by atoms with E-state index in [-0.39, 0.29) is 11.8 Å². The highest BCUT2D eigenvalue weighted by Crippen LogP contribution is 2.36. The molecule has 0 aliphatic carbocycles. The molecule has 1 aliphatic heterocycles. The number of nitrogens with zero attached hydrogens (tertiary/aromatic N) is 3. The molecule has 7 nitrogen and oxygen atoms in total. The first-order chi connectivity index (χ1) is 14.7. The Labute approximate surface area is 181 Å². The molecular weight excluding hydrogens is 392 g/mol. The van der Waals surface area contributed by atoms with Crippen molar-refractivity contribution in [2.24, 2.45) is 5.41 Å². The fourth-order valence-electron chi connectivity index (χ4n) is 3.57. The summed E-state index contributed by atoms with van der Waals surface area (Å²) in [7, 11) is 0. The lowest BCUT2D eigenvalue weighted by molar-refractivity contribution is -0.126. The minimum atomic E-state index is -0.519. The number of carbonyl (C=O) groups excluding carboxylic acids is 2. The third-order valence-corrected chi connectivity index (χ3v) is 5.15. The van der Waals surface area contributed by atoms with Gasteiger partial charge in [0.05, 0.1) is 29.8 Å². The molecular formula is C24H26N4O3. The highest BCUT2D eigenvalue weighted by Gasteiger charge is 2.32. The number of fused-ring (bicyclic) bond motifs is 1.